The van der Waals surface area contributed by atoms with E-state index in [0.717, 1.165) is 0 Å². The van der Waals surface area contributed by atoms with Crippen LogP contribution < -0.4 is 5.32 Å². The van der Waals surface area contributed by atoms with Crippen LogP contribution in [0.5, 0.6) is 0 Å². The molecule has 2 heterocycles. The minimum Gasteiger partial charge on any atom is -0.468 e. The molecule has 0 saturated carbocycles. The minimum atomic E-state index is -1.31. The first-order valence-corrected chi connectivity index (χ1v) is 7.82. The average Bonchev–Trinajstić information content (AvgIpc) is 3.02. The summed E-state index contributed by atoms with van der Waals surface area (Å²) < 4.78 is 18.1. The Morgan fingerprint density at radius 3 is 2.46 bits per heavy atom. The molecule has 2 fully saturated rings. The van der Waals surface area contributed by atoms with Crippen LogP contribution in [0.15, 0.2) is 24.3 Å². The van der Waals surface area contributed by atoms with E-state index in [4.69, 9.17) is 4.74 Å². The molecule has 1 N–H and O–H groups in total. The molecule has 2 saturated heterocycles. The number of esters is 1. The zero-order valence-electron chi connectivity index (χ0n) is 13.7. The Hall–Kier alpha value is -2.28. The van der Waals surface area contributed by atoms with Gasteiger partial charge in [-0.25, -0.2) is 4.39 Å². The predicted octanol–water partition coefficient (Wildman–Crippen LogP) is 1.02. The van der Waals surface area contributed by atoms with E-state index in [2.05, 4.69) is 5.32 Å². The van der Waals surface area contributed by atoms with Crippen LogP contribution in [0.3, 0.4) is 0 Å². The van der Waals surface area contributed by atoms with Crippen LogP contribution in [0.2, 0.25) is 0 Å². The number of ether oxygens (including phenoxy) is 1. The van der Waals surface area contributed by atoms with Crippen molar-refractivity contribution in [3.8, 4) is 0 Å². The molecular weight excluding hydrogens is 315 g/mol. The molecule has 1 aromatic rings. The van der Waals surface area contributed by atoms with Gasteiger partial charge in [0.2, 0.25) is 11.8 Å². The van der Waals surface area contributed by atoms with Gasteiger partial charge in [0, 0.05) is 12.6 Å². The van der Waals surface area contributed by atoms with Gasteiger partial charge < -0.3 is 4.74 Å². The zero-order chi connectivity index (χ0) is 17.6. The molecule has 24 heavy (non-hydrogen) atoms. The van der Waals surface area contributed by atoms with Crippen molar-refractivity contribution < 1.29 is 23.5 Å². The maximum absolute atomic E-state index is 13.2. The Morgan fingerprint density at radius 1 is 1.29 bits per heavy atom. The molecule has 1 aromatic carbocycles. The van der Waals surface area contributed by atoms with Crippen molar-refractivity contribution in [2.45, 2.75) is 25.4 Å². The Kier molecular flexibility index (Phi) is 3.91. The van der Waals surface area contributed by atoms with Gasteiger partial charge in [0.1, 0.15) is 11.4 Å². The van der Waals surface area contributed by atoms with Crippen molar-refractivity contribution in [3.05, 3.63) is 35.6 Å². The number of nitrogens with one attached hydrogen (secondary N) is 1. The normalized spacial score (nSPS) is 32.2. The number of rotatable bonds is 3. The van der Waals surface area contributed by atoms with E-state index in [1.54, 1.807) is 26.0 Å². The molecule has 0 unspecified atom stereocenters. The molecule has 0 bridgehead atoms. The lowest BCUT2D eigenvalue weighted by Crippen LogP contribution is -2.53. The van der Waals surface area contributed by atoms with Gasteiger partial charge in [-0.1, -0.05) is 12.1 Å². The highest BCUT2D eigenvalue weighted by Gasteiger charge is 2.66. The van der Waals surface area contributed by atoms with E-state index in [0.29, 0.717) is 5.56 Å². The van der Waals surface area contributed by atoms with Gasteiger partial charge in [0.25, 0.3) is 0 Å². The number of fused-ring (bicyclic) bond motifs is 1. The molecule has 0 aliphatic carbocycles. The van der Waals surface area contributed by atoms with Crippen LogP contribution in [0.4, 0.5) is 4.39 Å². The van der Waals surface area contributed by atoms with Gasteiger partial charge in [-0.05, 0) is 31.5 Å². The van der Waals surface area contributed by atoms with Gasteiger partial charge in [-0.3, -0.25) is 24.6 Å². The van der Waals surface area contributed by atoms with Crippen molar-refractivity contribution in [1.82, 2.24) is 10.2 Å². The van der Waals surface area contributed by atoms with Gasteiger partial charge >= 0.3 is 5.97 Å². The summed E-state index contributed by atoms with van der Waals surface area (Å²) in [5.74, 6) is -3.24. The lowest BCUT2D eigenvalue weighted by atomic mass is 9.80. The molecule has 0 aromatic heterocycles. The Bertz CT molecular complexity index is 705. The predicted molar refractivity (Wildman–Crippen MR) is 82.1 cm³/mol. The summed E-state index contributed by atoms with van der Waals surface area (Å²) in [5.41, 5.74) is -0.659. The van der Waals surface area contributed by atoms with Crippen LogP contribution in [0.1, 0.15) is 25.5 Å². The molecule has 6 nitrogen and oxygen atoms in total. The third-order valence-corrected chi connectivity index (χ3v) is 5.03. The van der Waals surface area contributed by atoms with Crippen molar-refractivity contribution in [2.75, 3.05) is 13.7 Å². The molecule has 2 aliphatic heterocycles. The largest absolute Gasteiger partial charge is 0.468 e. The van der Waals surface area contributed by atoms with Crippen LogP contribution in [-0.4, -0.2) is 41.9 Å². The number of likely N-dealkylation sites (tertiary alicyclic amines) is 1. The van der Waals surface area contributed by atoms with E-state index >= 15 is 0 Å². The van der Waals surface area contributed by atoms with Crippen molar-refractivity contribution in [1.29, 1.82) is 0 Å². The zero-order valence-corrected chi connectivity index (χ0v) is 13.7. The quantitative estimate of drug-likeness (QED) is 0.660. The summed E-state index contributed by atoms with van der Waals surface area (Å²) in [7, 11) is 1.24. The maximum Gasteiger partial charge on any atom is 0.326 e. The fourth-order valence-corrected chi connectivity index (χ4v) is 3.87. The SMILES string of the molecule is CCN1C(=O)[C@H]2[C@@H](c3ccc(F)cc3)N[C@@](C)(C(=O)OC)[C@@H]2C1=O. The monoisotopic (exact) mass is 334 g/mol. The second-order valence-electron chi connectivity index (χ2n) is 6.29. The number of hydrogen-bond acceptors (Lipinski definition) is 5. The standard InChI is InChI=1S/C17H19FN2O4/c1-4-20-14(21)11-12(15(20)22)17(2,16(23)24-3)19-13(11)9-5-7-10(18)8-6-9/h5-8,11-13,19H,4H2,1-3H3/t11-,12+,13-,17-/m1/s1. The first kappa shape index (κ1) is 16.6. The molecule has 0 spiro atoms. The molecule has 128 valence electrons. The van der Waals surface area contributed by atoms with E-state index in [1.807, 2.05) is 0 Å². The van der Waals surface area contributed by atoms with E-state index in [1.165, 1.54) is 24.1 Å². The van der Waals surface area contributed by atoms with Gasteiger partial charge in [-0.2, -0.15) is 0 Å². The lowest BCUT2D eigenvalue weighted by Gasteiger charge is -2.28. The second kappa shape index (κ2) is 5.66. The molecule has 7 heteroatoms. The Balaban J connectivity index is 2.09. The number of methoxy groups -OCH3 is 1. The van der Waals surface area contributed by atoms with Crippen molar-refractivity contribution in [3.63, 3.8) is 0 Å². The topological polar surface area (TPSA) is 75.7 Å². The number of hydrogen-bond donors (Lipinski definition) is 1. The number of benzene rings is 1. The maximum atomic E-state index is 13.2. The van der Waals surface area contributed by atoms with Crippen LogP contribution in [0, 0.1) is 17.7 Å². The lowest BCUT2D eigenvalue weighted by molar-refractivity contribution is -0.153. The summed E-state index contributed by atoms with van der Waals surface area (Å²) in [6.07, 6.45) is 0. The van der Waals surface area contributed by atoms with Crippen molar-refractivity contribution in [2.24, 2.45) is 11.8 Å². The Labute approximate surface area is 139 Å². The Morgan fingerprint density at radius 2 is 1.92 bits per heavy atom. The van der Waals surface area contributed by atoms with Crippen LogP contribution >= 0.6 is 0 Å². The van der Waals surface area contributed by atoms with Gasteiger partial charge in [-0.15, -0.1) is 0 Å². The van der Waals surface area contributed by atoms with Crippen LogP contribution in [0.25, 0.3) is 0 Å². The summed E-state index contributed by atoms with van der Waals surface area (Å²) in [6.45, 7) is 3.54. The van der Waals surface area contributed by atoms with Crippen LogP contribution in [-0.2, 0) is 19.1 Å². The fourth-order valence-electron chi connectivity index (χ4n) is 3.87. The molecule has 3 rings (SSSR count). The first-order chi connectivity index (χ1) is 11.3. The second-order valence-corrected chi connectivity index (χ2v) is 6.29. The van der Waals surface area contributed by atoms with Crippen molar-refractivity contribution >= 4 is 17.8 Å². The number of amides is 2. The third kappa shape index (κ3) is 2.15. The summed E-state index contributed by atoms with van der Waals surface area (Å²) in [5, 5.41) is 3.10. The van der Waals surface area contributed by atoms with E-state index in [9.17, 15) is 18.8 Å². The highest BCUT2D eigenvalue weighted by atomic mass is 19.1. The average molecular weight is 334 g/mol. The van der Waals surface area contributed by atoms with E-state index in [-0.39, 0.29) is 18.4 Å². The van der Waals surface area contributed by atoms with Gasteiger partial charge in [0.15, 0.2) is 0 Å². The summed E-state index contributed by atoms with van der Waals surface area (Å²) >= 11 is 0. The molecule has 4 atom stereocenters. The highest BCUT2D eigenvalue weighted by molar-refractivity contribution is 6.09. The molecule has 2 aliphatic rings. The molecule has 0 radical (unpaired) electrons. The first-order valence-electron chi connectivity index (χ1n) is 7.82. The molecular formula is C17H19FN2O4. The minimum absolute atomic E-state index is 0.248. The van der Waals surface area contributed by atoms with Gasteiger partial charge in [0.05, 0.1) is 18.9 Å². The highest BCUT2D eigenvalue weighted by Crippen LogP contribution is 2.48. The third-order valence-electron chi connectivity index (χ3n) is 5.03. The number of carbonyl (C=O) groups is 3. The fraction of sp³-hybridized carbons (Fsp3) is 0.471. The number of carbonyl (C=O) groups excluding carboxylic acids is 3. The smallest absolute Gasteiger partial charge is 0.326 e. The summed E-state index contributed by atoms with van der Waals surface area (Å²) in [6, 6.07) is 5.13. The summed E-state index contributed by atoms with van der Waals surface area (Å²) in [4.78, 5) is 38.9. The number of halogens is 1. The van der Waals surface area contributed by atoms with E-state index < -0.39 is 35.2 Å². The number of nitrogens with zero attached hydrogens (tertiary/aromatic N) is 1. The number of imide groups is 1. The molecule has 2 amide bonds.